The molecule has 88 valence electrons. The Morgan fingerprint density at radius 1 is 1.20 bits per heavy atom. The van der Waals surface area contributed by atoms with Crippen molar-refractivity contribution in [3.8, 4) is 0 Å². The molecule has 1 heterocycles. The summed E-state index contributed by atoms with van der Waals surface area (Å²) in [5, 5.41) is 0. The van der Waals surface area contributed by atoms with Crippen molar-refractivity contribution >= 4 is 6.34 Å². The highest BCUT2D eigenvalue weighted by atomic mass is 15.4. The van der Waals surface area contributed by atoms with Crippen molar-refractivity contribution in [2.24, 2.45) is 0 Å². The number of unbranched alkanes of at least 4 members (excludes halogenated alkanes) is 2. The van der Waals surface area contributed by atoms with Gasteiger partial charge in [-0.1, -0.05) is 26.7 Å². The lowest BCUT2D eigenvalue weighted by Gasteiger charge is -2.27. The second-order valence-electron chi connectivity index (χ2n) is 4.59. The van der Waals surface area contributed by atoms with Crippen LogP contribution >= 0.6 is 0 Å². The molecule has 0 spiro atoms. The second-order valence-corrected chi connectivity index (χ2v) is 4.59. The molecular weight excluding hydrogens is 186 g/mol. The van der Waals surface area contributed by atoms with Gasteiger partial charge in [-0.25, -0.2) is 4.90 Å². The molecule has 0 N–H and O–H groups in total. The lowest BCUT2D eigenvalue weighted by molar-refractivity contribution is -0.556. The summed E-state index contributed by atoms with van der Waals surface area (Å²) in [6.45, 7) is 9.07. The fourth-order valence-electron chi connectivity index (χ4n) is 1.95. The first-order chi connectivity index (χ1) is 7.26. The van der Waals surface area contributed by atoms with Gasteiger partial charge in [0.2, 0.25) is 6.34 Å². The summed E-state index contributed by atoms with van der Waals surface area (Å²) in [6.07, 6.45) is 7.48. The molecule has 0 aliphatic carbocycles. The molecule has 1 aliphatic rings. The van der Waals surface area contributed by atoms with E-state index in [9.17, 15) is 0 Å². The van der Waals surface area contributed by atoms with Crippen LogP contribution in [0.25, 0.3) is 0 Å². The number of nitrogens with zero attached hydrogens (tertiary/aromatic N) is 3. The largest absolute Gasteiger partial charge is 0.255 e. The molecule has 0 fully saturated rings. The van der Waals surface area contributed by atoms with Crippen LogP contribution in [0.2, 0.25) is 0 Å². The molecule has 3 nitrogen and oxygen atoms in total. The van der Waals surface area contributed by atoms with Gasteiger partial charge in [0.1, 0.15) is 13.3 Å². The van der Waals surface area contributed by atoms with E-state index in [1.807, 2.05) is 0 Å². The highest BCUT2D eigenvalue weighted by Crippen LogP contribution is 2.01. The third-order valence-electron chi connectivity index (χ3n) is 2.77. The summed E-state index contributed by atoms with van der Waals surface area (Å²) in [5.74, 6) is 0. The molecule has 1 aliphatic heterocycles. The third-order valence-corrected chi connectivity index (χ3v) is 2.77. The maximum atomic E-state index is 2.43. The van der Waals surface area contributed by atoms with E-state index in [1.165, 1.54) is 38.8 Å². The average Bonchev–Trinajstić information content (AvgIpc) is 2.23. The molecule has 0 bridgehead atoms. The Kier molecular flexibility index (Phi) is 5.69. The summed E-state index contributed by atoms with van der Waals surface area (Å²) < 4.78 is 2.43. The van der Waals surface area contributed by atoms with Crippen LogP contribution in [0.1, 0.15) is 39.5 Å². The van der Waals surface area contributed by atoms with Crippen molar-refractivity contribution in [2.75, 3.05) is 33.5 Å². The first-order valence-corrected chi connectivity index (χ1v) is 6.28. The average molecular weight is 212 g/mol. The zero-order chi connectivity index (χ0) is 11.1. The molecular formula is C12H26N3+. The van der Waals surface area contributed by atoms with Gasteiger partial charge in [0, 0.05) is 0 Å². The molecule has 0 radical (unpaired) electrons. The smallest absolute Gasteiger partial charge is 0.236 e. The Morgan fingerprint density at radius 2 is 1.93 bits per heavy atom. The van der Waals surface area contributed by atoms with Crippen LogP contribution in [0.15, 0.2) is 0 Å². The fourth-order valence-corrected chi connectivity index (χ4v) is 1.95. The van der Waals surface area contributed by atoms with Gasteiger partial charge in [0.15, 0.2) is 0 Å². The topological polar surface area (TPSA) is 9.49 Å². The van der Waals surface area contributed by atoms with E-state index in [1.54, 1.807) is 0 Å². The van der Waals surface area contributed by atoms with E-state index in [-0.39, 0.29) is 0 Å². The van der Waals surface area contributed by atoms with Crippen LogP contribution in [0, 0.1) is 0 Å². The van der Waals surface area contributed by atoms with Gasteiger partial charge in [0.05, 0.1) is 13.1 Å². The molecule has 0 saturated carbocycles. The Labute approximate surface area is 94.4 Å². The number of hydrogen-bond donors (Lipinski definition) is 0. The van der Waals surface area contributed by atoms with E-state index in [4.69, 9.17) is 0 Å². The monoisotopic (exact) mass is 212 g/mol. The van der Waals surface area contributed by atoms with E-state index in [0.717, 1.165) is 13.3 Å². The normalized spacial score (nSPS) is 18.1. The van der Waals surface area contributed by atoms with Crippen LogP contribution in [-0.2, 0) is 0 Å². The van der Waals surface area contributed by atoms with E-state index < -0.39 is 0 Å². The lowest BCUT2D eigenvalue weighted by Crippen LogP contribution is -2.47. The summed E-state index contributed by atoms with van der Waals surface area (Å²) in [6, 6.07) is 0. The SMILES string of the molecule is CCCCN1C=[N+](CCCC)CN(C)C1. The first kappa shape index (κ1) is 12.5. The standard InChI is InChI=1S/C12H26N3/c1-4-6-8-14-10-13(3)11-15(12-14)9-7-5-2/h12H,4-11H2,1-3H3/q+1. The first-order valence-electron chi connectivity index (χ1n) is 6.28. The van der Waals surface area contributed by atoms with Gasteiger partial charge in [-0.15, -0.1) is 0 Å². The molecule has 0 unspecified atom stereocenters. The van der Waals surface area contributed by atoms with E-state index >= 15 is 0 Å². The molecule has 1 rings (SSSR count). The predicted molar refractivity (Wildman–Crippen MR) is 65.2 cm³/mol. The Balaban J connectivity index is 2.42. The molecule has 3 heteroatoms. The highest BCUT2D eigenvalue weighted by molar-refractivity contribution is 5.49. The maximum Gasteiger partial charge on any atom is 0.236 e. The maximum absolute atomic E-state index is 2.43. The zero-order valence-electron chi connectivity index (χ0n) is 10.6. The van der Waals surface area contributed by atoms with Crippen molar-refractivity contribution < 1.29 is 4.58 Å². The number of rotatable bonds is 6. The molecule has 0 saturated heterocycles. The van der Waals surface area contributed by atoms with Gasteiger partial charge in [-0.3, -0.25) is 9.48 Å². The number of hydrogen-bond acceptors (Lipinski definition) is 2. The van der Waals surface area contributed by atoms with Gasteiger partial charge in [0.25, 0.3) is 0 Å². The van der Waals surface area contributed by atoms with E-state index in [2.05, 4.69) is 41.6 Å². The molecule has 0 atom stereocenters. The molecule has 0 aromatic carbocycles. The predicted octanol–water partition coefficient (Wildman–Crippen LogP) is 1.79. The van der Waals surface area contributed by atoms with Gasteiger partial charge in [-0.2, -0.15) is 0 Å². The molecule has 0 amide bonds. The quantitative estimate of drug-likeness (QED) is 0.621. The van der Waals surface area contributed by atoms with Crippen molar-refractivity contribution in [3.63, 3.8) is 0 Å². The van der Waals surface area contributed by atoms with Gasteiger partial charge in [-0.05, 0) is 19.9 Å². The molecule has 0 aromatic heterocycles. The van der Waals surface area contributed by atoms with Crippen LogP contribution in [0.5, 0.6) is 0 Å². The second kappa shape index (κ2) is 6.83. The molecule has 15 heavy (non-hydrogen) atoms. The van der Waals surface area contributed by atoms with Crippen LogP contribution in [-0.4, -0.2) is 54.2 Å². The van der Waals surface area contributed by atoms with E-state index in [0.29, 0.717) is 0 Å². The van der Waals surface area contributed by atoms with Crippen molar-refractivity contribution in [3.05, 3.63) is 0 Å². The lowest BCUT2D eigenvalue weighted by atomic mass is 10.3. The third kappa shape index (κ3) is 4.65. The summed E-state index contributed by atoms with van der Waals surface area (Å²) in [5.41, 5.74) is 0. The molecule has 0 aromatic rings. The zero-order valence-corrected chi connectivity index (χ0v) is 10.6. The minimum Gasteiger partial charge on any atom is -0.255 e. The minimum atomic E-state index is 1.09. The minimum absolute atomic E-state index is 1.09. The fraction of sp³-hybridized carbons (Fsp3) is 0.917. The van der Waals surface area contributed by atoms with Crippen molar-refractivity contribution in [2.45, 2.75) is 39.5 Å². The summed E-state index contributed by atoms with van der Waals surface area (Å²) in [7, 11) is 2.20. The van der Waals surface area contributed by atoms with Gasteiger partial charge >= 0.3 is 0 Å². The summed E-state index contributed by atoms with van der Waals surface area (Å²) in [4.78, 5) is 4.81. The summed E-state index contributed by atoms with van der Waals surface area (Å²) >= 11 is 0. The van der Waals surface area contributed by atoms with Crippen LogP contribution < -0.4 is 0 Å². The Morgan fingerprint density at radius 3 is 2.60 bits per heavy atom. The van der Waals surface area contributed by atoms with Crippen LogP contribution in [0.3, 0.4) is 0 Å². The Hall–Kier alpha value is -0.570. The van der Waals surface area contributed by atoms with Gasteiger partial charge < -0.3 is 0 Å². The van der Waals surface area contributed by atoms with Crippen molar-refractivity contribution in [1.82, 2.24) is 9.80 Å². The highest BCUT2D eigenvalue weighted by Gasteiger charge is 2.18. The van der Waals surface area contributed by atoms with Crippen molar-refractivity contribution in [1.29, 1.82) is 0 Å². The van der Waals surface area contributed by atoms with Crippen LogP contribution in [0.4, 0.5) is 0 Å². The Bertz CT molecular complexity index is 201.